The van der Waals surface area contributed by atoms with E-state index < -0.39 is 0 Å². The lowest BCUT2D eigenvalue weighted by Crippen LogP contribution is -2.34. The summed E-state index contributed by atoms with van der Waals surface area (Å²) >= 11 is 0. The molecular weight excluding hydrogens is 238 g/mol. The smallest absolute Gasteiger partial charge is 0.0726 e. The van der Waals surface area contributed by atoms with Crippen molar-refractivity contribution in [3.8, 4) is 0 Å². The number of rotatable bonds is 6. The van der Waals surface area contributed by atoms with Crippen molar-refractivity contribution in [3.05, 3.63) is 17.5 Å². The summed E-state index contributed by atoms with van der Waals surface area (Å²) in [5.74, 6) is 0. The molecule has 0 aliphatic heterocycles. The minimum absolute atomic E-state index is 0.0350. The fourth-order valence-electron chi connectivity index (χ4n) is 2.13. The average Bonchev–Trinajstić information content (AvgIpc) is 2.66. The minimum Gasteiger partial charge on any atom is -0.329 e. The van der Waals surface area contributed by atoms with Gasteiger partial charge in [-0.05, 0) is 14.1 Å². The molecule has 0 aromatic carbocycles. The summed E-state index contributed by atoms with van der Waals surface area (Å²) in [4.78, 5) is 2.16. The van der Waals surface area contributed by atoms with E-state index in [9.17, 15) is 0 Å². The molecule has 0 saturated heterocycles. The molecule has 0 fully saturated rings. The Hall–Kier alpha value is -0.910. The Bertz CT molecular complexity index is 389. The van der Waals surface area contributed by atoms with Gasteiger partial charge in [-0.25, -0.2) is 0 Å². The number of hydrogen-bond donors (Lipinski definition) is 2. The summed E-state index contributed by atoms with van der Waals surface area (Å²) < 4.78 is 1.88. The number of aromatic nitrogens is 2. The van der Waals surface area contributed by atoms with Gasteiger partial charge in [0.2, 0.25) is 0 Å². The third-order valence-corrected chi connectivity index (χ3v) is 3.13. The summed E-state index contributed by atoms with van der Waals surface area (Å²) in [5, 5.41) is 8.13. The predicted molar refractivity (Wildman–Crippen MR) is 80.3 cm³/mol. The van der Waals surface area contributed by atoms with Crippen LogP contribution < -0.4 is 11.1 Å². The van der Waals surface area contributed by atoms with Crippen molar-refractivity contribution in [3.63, 3.8) is 0 Å². The standard InChI is InChI=1S/C14H29N5/c1-14(2,3)13-11(10-19(6)17-13)12(9-15)16-7-8-18(4)5/h10,12,16H,7-9,15H2,1-6H3. The molecule has 0 aliphatic carbocycles. The van der Waals surface area contributed by atoms with E-state index in [4.69, 9.17) is 5.73 Å². The van der Waals surface area contributed by atoms with Gasteiger partial charge in [-0.3, -0.25) is 4.68 Å². The molecule has 0 radical (unpaired) electrons. The predicted octanol–water partition coefficient (Wildman–Crippen LogP) is 0.869. The number of nitrogens with two attached hydrogens (primary N) is 1. The monoisotopic (exact) mass is 267 g/mol. The second kappa shape index (κ2) is 6.50. The zero-order chi connectivity index (χ0) is 14.6. The lowest BCUT2D eigenvalue weighted by Gasteiger charge is -2.23. The van der Waals surface area contributed by atoms with Crippen LogP contribution in [0.2, 0.25) is 0 Å². The molecule has 1 rings (SSSR count). The van der Waals surface area contributed by atoms with E-state index in [1.807, 2.05) is 11.7 Å². The average molecular weight is 267 g/mol. The van der Waals surface area contributed by atoms with Crippen LogP contribution in [0.15, 0.2) is 6.20 Å². The molecule has 0 aliphatic rings. The highest BCUT2D eigenvalue weighted by molar-refractivity contribution is 5.27. The molecule has 19 heavy (non-hydrogen) atoms. The van der Waals surface area contributed by atoms with Crippen molar-refractivity contribution < 1.29 is 0 Å². The van der Waals surface area contributed by atoms with Crippen molar-refractivity contribution in [2.75, 3.05) is 33.7 Å². The number of nitrogens with one attached hydrogen (secondary N) is 1. The van der Waals surface area contributed by atoms with Gasteiger partial charge in [0, 0.05) is 49.9 Å². The Morgan fingerprint density at radius 2 is 2.05 bits per heavy atom. The van der Waals surface area contributed by atoms with Crippen molar-refractivity contribution in [1.82, 2.24) is 20.0 Å². The van der Waals surface area contributed by atoms with Crippen LogP contribution in [0.25, 0.3) is 0 Å². The van der Waals surface area contributed by atoms with Gasteiger partial charge in [0.05, 0.1) is 5.69 Å². The van der Waals surface area contributed by atoms with Crippen LogP contribution in [-0.4, -0.2) is 48.4 Å². The first-order valence-corrected chi connectivity index (χ1v) is 6.88. The second-order valence-electron chi connectivity index (χ2n) is 6.40. The van der Waals surface area contributed by atoms with E-state index in [0.29, 0.717) is 6.54 Å². The molecule has 1 unspecified atom stereocenters. The van der Waals surface area contributed by atoms with Crippen LogP contribution in [0.3, 0.4) is 0 Å². The van der Waals surface area contributed by atoms with Gasteiger partial charge in [-0.15, -0.1) is 0 Å². The molecule has 0 saturated carbocycles. The van der Waals surface area contributed by atoms with Gasteiger partial charge >= 0.3 is 0 Å². The number of aryl methyl sites for hydroxylation is 1. The quantitative estimate of drug-likeness (QED) is 0.803. The van der Waals surface area contributed by atoms with Crippen LogP contribution in [0, 0.1) is 0 Å². The Kier molecular flexibility index (Phi) is 5.52. The SMILES string of the molecule is CN(C)CCNC(CN)c1cn(C)nc1C(C)(C)C. The lowest BCUT2D eigenvalue weighted by atomic mass is 9.87. The lowest BCUT2D eigenvalue weighted by molar-refractivity contribution is 0.384. The zero-order valence-corrected chi connectivity index (χ0v) is 13.2. The highest BCUT2D eigenvalue weighted by Gasteiger charge is 2.25. The summed E-state index contributed by atoms with van der Waals surface area (Å²) in [5.41, 5.74) is 8.31. The van der Waals surface area contributed by atoms with Crippen LogP contribution in [0.1, 0.15) is 38.1 Å². The third-order valence-electron chi connectivity index (χ3n) is 3.13. The Morgan fingerprint density at radius 3 is 2.53 bits per heavy atom. The summed E-state index contributed by atoms with van der Waals surface area (Å²) in [7, 11) is 6.11. The molecule has 5 heteroatoms. The van der Waals surface area contributed by atoms with Crippen molar-refractivity contribution >= 4 is 0 Å². The summed E-state index contributed by atoms with van der Waals surface area (Å²) in [6.07, 6.45) is 2.08. The highest BCUT2D eigenvalue weighted by Crippen LogP contribution is 2.27. The normalized spacial score (nSPS) is 14.1. The fourth-order valence-corrected chi connectivity index (χ4v) is 2.13. The first-order chi connectivity index (χ1) is 8.75. The van der Waals surface area contributed by atoms with Crippen LogP contribution in [0.5, 0.6) is 0 Å². The molecule has 1 aromatic rings. The van der Waals surface area contributed by atoms with Gasteiger partial charge < -0.3 is 16.0 Å². The summed E-state index contributed by atoms with van der Waals surface area (Å²) in [6, 6.07) is 0.169. The van der Waals surface area contributed by atoms with Crippen molar-refractivity contribution in [1.29, 1.82) is 0 Å². The Balaban J connectivity index is 2.86. The maximum atomic E-state index is 5.93. The molecular formula is C14H29N5. The Labute approximate surface area is 117 Å². The van der Waals surface area contributed by atoms with Crippen LogP contribution in [-0.2, 0) is 12.5 Å². The largest absolute Gasteiger partial charge is 0.329 e. The first kappa shape index (κ1) is 16.1. The number of likely N-dealkylation sites (N-methyl/N-ethyl adjacent to an activating group) is 1. The molecule has 1 aromatic heterocycles. The van der Waals surface area contributed by atoms with E-state index in [1.165, 1.54) is 5.56 Å². The maximum absolute atomic E-state index is 5.93. The summed E-state index contributed by atoms with van der Waals surface area (Å²) in [6.45, 7) is 9.07. The zero-order valence-electron chi connectivity index (χ0n) is 13.2. The Morgan fingerprint density at radius 1 is 1.42 bits per heavy atom. The molecule has 110 valence electrons. The molecule has 0 spiro atoms. The molecule has 0 amide bonds. The van der Waals surface area contributed by atoms with Gasteiger partial charge in [-0.1, -0.05) is 20.8 Å². The van der Waals surface area contributed by atoms with Gasteiger partial charge in [0.25, 0.3) is 0 Å². The van der Waals surface area contributed by atoms with E-state index in [2.05, 4.69) is 56.4 Å². The topological polar surface area (TPSA) is 59.1 Å². The van der Waals surface area contributed by atoms with Gasteiger partial charge in [-0.2, -0.15) is 5.10 Å². The van der Waals surface area contributed by atoms with E-state index in [-0.39, 0.29) is 11.5 Å². The first-order valence-electron chi connectivity index (χ1n) is 6.88. The third kappa shape index (κ3) is 4.60. The second-order valence-corrected chi connectivity index (χ2v) is 6.40. The minimum atomic E-state index is 0.0350. The van der Waals surface area contributed by atoms with Crippen molar-refractivity contribution in [2.45, 2.75) is 32.2 Å². The molecule has 1 heterocycles. The van der Waals surface area contributed by atoms with Gasteiger partial charge in [0.1, 0.15) is 0 Å². The number of nitrogens with zero attached hydrogens (tertiary/aromatic N) is 3. The van der Waals surface area contributed by atoms with Crippen LogP contribution in [0.4, 0.5) is 0 Å². The van der Waals surface area contributed by atoms with E-state index in [0.717, 1.165) is 18.8 Å². The molecule has 1 atom stereocenters. The molecule has 0 bridgehead atoms. The van der Waals surface area contributed by atoms with E-state index in [1.54, 1.807) is 0 Å². The van der Waals surface area contributed by atoms with E-state index >= 15 is 0 Å². The molecule has 5 nitrogen and oxygen atoms in total. The maximum Gasteiger partial charge on any atom is 0.0726 e. The van der Waals surface area contributed by atoms with Crippen molar-refractivity contribution in [2.24, 2.45) is 12.8 Å². The van der Waals surface area contributed by atoms with Crippen LogP contribution >= 0.6 is 0 Å². The van der Waals surface area contributed by atoms with Gasteiger partial charge in [0.15, 0.2) is 0 Å². The molecule has 3 N–H and O–H groups in total. The number of hydrogen-bond acceptors (Lipinski definition) is 4. The highest BCUT2D eigenvalue weighted by atomic mass is 15.3. The fraction of sp³-hybridized carbons (Fsp3) is 0.786.